The zero-order valence-corrected chi connectivity index (χ0v) is 15.9. The number of carbonyl (C=O) groups excluding carboxylic acids is 2. The predicted octanol–water partition coefficient (Wildman–Crippen LogP) is 1.01. The summed E-state index contributed by atoms with van der Waals surface area (Å²) < 4.78 is 13.4. The Morgan fingerprint density at radius 2 is 2.07 bits per heavy atom. The second-order valence-corrected chi connectivity index (χ2v) is 8.18. The van der Waals surface area contributed by atoms with Crippen LogP contribution in [0.15, 0.2) is 18.2 Å². The Morgan fingerprint density at radius 1 is 1.37 bits per heavy atom. The summed E-state index contributed by atoms with van der Waals surface area (Å²) in [5.74, 6) is -0.853. The lowest BCUT2D eigenvalue weighted by Crippen LogP contribution is -2.53. The topological polar surface area (TPSA) is 72.9 Å². The van der Waals surface area contributed by atoms with Crippen LogP contribution in [0.3, 0.4) is 0 Å². The van der Waals surface area contributed by atoms with Gasteiger partial charge in [0.1, 0.15) is 5.82 Å². The Morgan fingerprint density at radius 3 is 2.70 bits per heavy atom. The summed E-state index contributed by atoms with van der Waals surface area (Å²) in [4.78, 5) is 29.3. The molecular weight excluding hydrogens is 373 g/mol. The van der Waals surface area contributed by atoms with E-state index in [-0.39, 0.29) is 24.0 Å². The standard InChI is InChI=1S/C19H23ClFN3O3/c1-2-23-9-14-15(10-23)16(14)24-4-3-19(27,18(24)26)17(25)22-8-11-5-12(20)7-13(21)6-11/h5-7,14-16,27H,2-4,8-10H2,1H3,(H,22,25)/t14-,15+,16-,19?. The fourth-order valence-electron chi connectivity index (χ4n) is 4.57. The van der Waals surface area contributed by atoms with Crippen LogP contribution in [0.25, 0.3) is 0 Å². The first kappa shape index (κ1) is 18.7. The number of benzene rings is 1. The van der Waals surface area contributed by atoms with Gasteiger partial charge in [-0.1, -0.05) is 18.5 Å². The lowest BCUT2D eigenvalue weighted by molar-refractivity contribution is -0.155. The number of fused-ring (bicyclic) bond motifs is 1. The Balaban J connectivity index is 1.37. The summed E-state index contributed by atoms with van der Waals surface area (Å²) in [5.41, 5.74) is -1.58. The van der Waals surface area contributed by atoms with Gasteiger partial charge in [-0.15, -0.1) is 0 Å². The van der Waals surface area contributed by atoms with E-state index in [9.17, 15) is 19.1 Å². The molecule has 1 unspecified atom stereocenters. The molecule has 0 bridgehead atoms. The maximum absolute atomic E-state index is 13.4. The minimum atomic E-state index is -2.04. The number of nitrogens with zero attached hydrogens (tertiary/aromatic N) is 2. The fraction of sp³-hybridized carbons (Fsp3) is 0.579. The molecule has 146 valence electrons. The monoisotopic (exact) mass is 395 g/mol. The number of rotatable bonds is 5. The van der Waals surface area contributed by atoms with E-state index in [2.05, 4.69) is 17.1 Å². The highest BCUT2D eigenvalue weighted by Crippen LogP contribution is 2.50. The van der Waals surface area contributed by atoms with Crippen LogP contribution in [0.4, 0.5) is 4.39 Å². The molecule has 1 aromatic carbocycles. The number of aliphatic hydroxyl groups is 1. The summed E-state index contributed by atoms with van der Waals surface area (Å²) >= 11 is 5.80. The lowest BCUT2D eigenvalue weighted by atomic mass is 10.0. The molecule has 2 saturated heterocycles. The molecule has 6 nitrogen and oxygen atoms in total. The average molecular weight is 396 g/mol. The van der Waals surface area contributed by atoms with E-state index in [4.69, 9.17) is 11.6 Å². The molecule has 8 heteroatoms. The van der Waals surface area contributed by atoms with Gasteiger partial charge in [-0.3, -0.25) is 9.59 Å². The third kappa shape index (κ3) is 3.22. The molecular formula is C19H23ClFN3O3. The van der Waals surface area contributed by atoms with Crippen molar-refractivity contribution < 1.29 is 19.1 Å². The molecule has 2 aliphatic heterocycles. The van der Waals surface area contributed by atoms with E-state index in [1.807, 2.05) is 0 Å². The average Bonchev–Trinajstić information content (AvgIpc) is 2.97. The van der Waals surface area contributed by atoms with Crippen molar-refractivity contribution in [3.8, 4) is 0 Å². The molecule has 1 saturated carbocycles. The minimum absolute atomic E-state index is 0.00789. The molecule has 0 radical (unpaired) electrons. The van der Waals surface area contributed by atoms with Crippen molar-refractivity contribution in [2.45, 2.75) is 31.5 Å². The molecule has 0 aromatic heterocycles. The van der Waals surface area contributed by atoms with Crippen LogP contribution in [-0.2, 0) is 16.1 Å². The van der Waals surface area contributed by atoms with Gasteiger partial charge >= 0.3 is 0 Å². The molecule has 3 fully saturated rings. The van der Waals surface area contributed by atoms with Crippen molar-refractivity contribution in [2.24, 2.45) is 11.8 Å². The van der Waals surface area contributed by atoms with Gasteiger partial charge in [-0.25, -0.2) is 4.39 Å². The molecule has 1 aromatic rings. The van der Waals surface area contributed by atoms with Crippen LogP contribution in [0.1, 0.15) is 18.9 Å². The molecule has 2 heterocycles. The van der Waals surface area contributed by atoms with E-state index >= 15 is 0 Å². The van der Waals surface area contributed by atoms with Crippen molar-refractivity contribution in [1.29, 1.82) is 0 Å². The quantitative estimate of drug-likeness (QED) is 0.730. The van der Waals surface area contributed by atoms with E-state index in [1.54, 1.807) is 4.90 Å². The molecule has 2 amide bonds. The van der Waals surface area contributed by atoms with Crippen molar-refractivity contribution in [3.05, 3.63) is 34.6 Å². The third-order valence-electron chi connectivity index (χ3n) is 6.11. The van der Waals surface area contributed by atoms with Crippen LogP contribution in [0.2, 0.25) is 5.02 Å². The summed E-state index contributed by atoms with van der Waals surface area (Å²) in [6.45, 7) is 5.45. The normalized spacial score (nSPS) is 32.7. The lowest BCUT2D eigenvalue weighted by Gasteiger charge is -2.25. The van der Waals surface area contributed by atoms with Crippen LogP contribution in [-0.4, -0.2) is 64.5 Å². The molecule has 1 aliphatic carbocycles. The number of nitrogens with one attached hydrogen (secondary N) is 1. The second kappa shape index (κ2) is 6.72. The largest absolute Gasteiger partial charge is 0.372 e. The van der Waals surface area contributed by atoms with Gasteiger partial charge in [0, 0.05) is 43.7 Å². The fourth-order valence-corrected chi connectivity index (χ4v) is 4.81. The highest BCUT2D eigenvalue weighted by molar-refractivity contribution is 6.30. The maximum atomic E-state index is 13.4. The first-order valence-electron chi connectivity index (χ1n) is 9.32. The van der Waals surface area contributed by atoms with Gasteiger partial charge in [0.2, 0.25) is 5.60 Å². The third-order valence-corrected chi connectivity index (χ3v) is 6.33. The van der Waals surface area contributed by atoms with E-state index in [1.165, 1.54) is 18.2 Å². The summed E-state index contributed by atoms with van der Waals surface area (Å²) in [7, 11) is 0. The number of carbonyl (C=O) groups is 2. The summed E-state index contributed by atoms with van der Waals surface area (Å²) in [6.07, 6.45) is 0.0784. The van der Waals surface area contributed by atoms with Gasteiger partial charge in [0.05, 0.1) is 0 Å². The minimum Gasteiger partial charge on any atom is -0.372 e. The predicted molar refractivity (Wildman–Crippen MR) is 97.4 cm³/mol. The van der Waals surface area contributed by atoms with E-state index in [0.29, 0.717) is 23.9 Å². The smallest absolute Gasteiger partial charge is 0.264 e. The van der Waals surface area contributed by atoms with Crippen LogP contribution >= 0.6 is 11.6 Å². The van der Waals surface area contributed by atoms with Crippen LogP contribution in [0.5, 0.6) is 0 Å². The zero-order valence-electron chi connectivity index (χ0n) is 15.1. The van der Waals surface area contributed by atoms with Crippen LogP contribution in [0, 0.1) is 17.7 Å². The molecule has 27 heavy (non-hydrogen) atoms. The summed E-state index contributed by atoms with van der Waals surface area (Å²) in [6, 6.07) is 4.10. The number of halogens is 2. The highest BCUT2D eigenvalue weighted by atomic mass is 35.5. The molecule has 0 spiro atoms. The van der Waals surface area contributed by atoms with Gasteiger partial charge in [-0.05, 0) is 42.1 Å². The Bertz CT molecular complexity index is 759. The molecule has 2 N–H and O–H groups in total. The maximum Gasteiger partial charge on any atom is 0.264 e. The number of piperidine rings is 1. The van der Waals surface area contributed by atoms with Gasteiger partial charge in [0.25, 0.3) is 11.8 Å². The first-order valence-corrected chi connectivity index (χ1v) is 9.70. The van der Waals surface area contributed by atoms with Crippen molar-refractivity contribution in [1.82, 2.24) is 15.1 Å². The Hall–Kier alpha value is -1.70. The van der Waals surface area contributed by atoms with Crippen molar-refractivity contribution in [3.63, 3.8) is 0 Å². The number of hydrogen-bond donors (Lipinski definition) is 2. The molecule has 3 aliphatic rings. The van der Waals surface area contributed by atoms with Crippen LogP contribution < -0.4 is 5.32 Å². The van der Waals surface area contributed by atoms with Crippen molar-refractivity contribution >= 4 is 23.4 Å². The number of hydrogen-bond acceptors (Lipinski definition) is 4. The van der Waals surface area contributed by atoms with E-state index in [0.717, 1.165) is 19.6 Å². The Labute approximate surface area is 162 Å². The molecule has 4 rings (SSSR count). The molecule has 4 atom stereocenters. The SMILES string of the molecule is CCN1C[C@@H]2[C@H](C1)[C@@H]2N1CCC(O)(C(=O)NCc2cc(F)cc(Cl)c2)C1=O. The second-order valence-electron chi connectivity index (χ2n) is 7.74. The van der Waals surface area contributed by atoms with Gasteiger partial charge in [-0.2, -0.15) is 0 Å². The first-order chi connectivity index (χ1) is 12.8. The zero-order chi connectivity index (χ0) is 19.3. The van der Waals surface area contributed by atoms with Gasteiger partial charge < -0.3 is 20.2 Å². The number of likely N-dealkylation sites (tertiary alicyclic amines) is 2. The van der Waals surface area contributed by atoms with Gasteiger partial charge in [0.15, 0.2) is 0 Å². The highest BCUT2D eigenvalue weighted by Gasteiger charge is 2.63. The number of amides is 2. The van der Waals surface area contributed by atoms with E-state index < -0.39 is 23.2 Å². The van der Waals surface area contributed by atoms with Crippen molar-refractivity contribution in [2.75, 3.05) is 26.2 Å². The summed E-state index contributed by atoms with van der Waals surface area (Å²) in [5, 5.41) is 13.5. The Kier molecular flexibility index (Phi) is 4.64.